The van der Waals surface area contributed by atoms with E-state index in [-0.39, 0.29) is 0 Å². The molecule has 0 amide bonds. The summed E-state index contributed by atoms with van der Waals surface area (Å²) in [5, 5.41) is 9.57. The number of sulfonamides is 1. The maximum atomic E-state index is 11.8. The van der Waals surface area contributed by atoms with Gasteiger partial charge in [-0.1, -0.05) is 51.1 Å². The summed E-state index contributed by atoms with van der Waals surface area (Å²) in [4.78, 5) is 0. The Morgan fingerprint density at radius 3 is 2.14 bits per heavy atom. The number of hydrogen-bond acceptors (Lipinski definition) is 4. The zero-order chi connectivity index (χ0) is 22.4. The first kappa shape index (κ1) is 27.0. The molecule has 1 N–H and O–H groups in total. The van der Waals surface area contributed by atoms with E-state index in [0.717, 1.165) is 11.3 Å². The summed E-state index contributed by atoms with van der Waals surface area (Å²) >= 11 is 0. The van der Waals surface area contributed by atoms with Crippen molar-refractivity contribution in [2.75, 3.05) is 24.2 Å². The summed E-state index contributed by atoms with van der Waals surface area (Å²) in [6.45, 7) is 10.1. The lowest BCUT2D eigenvalue weighted by Gasteiger charge is -2.25. The van der Waals surface area contributed by atoms with Crippen molar-refractivity contribution in [1.82, 2.24) is 0 Å². The van der Waals surface area contributed by atoms with Gasteiger partial charge in [-0.15, -0.1) is 0 Å². The predicted molar refractivity (Wildman–Crippen MR) is 123 cm³/mol. The number of methoxy groups -OCH3 is 1. The molecule has 6 heteroatoms. The van der Waals surface area contributed by atoms with E-state index in [0.29, 0.717) is 25.1 Å². The van der Waals surface area contributed by atoms with Crippen LogP contribution < -0.4 is 9.04 Å². The van der Waals surface area contributed by atoms with Gasteiger partial charge in [0.15, 0.2) is 0 Å². The van der Waals surface area contributed by atoms with Crippen LogP contribution in [0.1, 0.15) is 44.7 Å². The topological polar surface area (TPSA) is 66.8 Å². The smallest absolute Gasteiger partial charge is 0.232 e. The van der Waals surface area contributed by atoms with Gasteiger partial charge in [0.05, 0.1) is 25.2 Å². The number of nitrogens with zero attached hydrogens (tertiary/aromatic N) is 1. The van der Waals surface area contributed by atoms with Crippen LogP contribution in [0.15, 0.2) is 48.5 Å². The molecule has 1 atom stereocenters. The highest BCUT2D eigenvalue weighted by Crippen LogP contribution is 2.22. The van der Waals surface area contributed by atoms with Crippen LogP contribution in [0.5, 0.6) is 5.75 Å². The first-order valence-corrected chi connectivity index (χ1v) is 11.9. The quantitative estimate of drug-likeness (QED) is 0.684. The van der Waals surface area contributed by atoms with Crippen molar-refractivity contribution in [1.29, 1.82) is 0 Å². The van der Waals surface area contributed by atoms with E-state index >= 15 is 0 Å². The van der Waals surface area contributed by atoms with Gasteiger partial charge in [0.2, 0.25) is 10.0 Å². The number of benzene rings is 2. The average Bonchev–Trinajstić information content (AvgIpc) is 2.70. The molecule has 0 fully saturated rings. The fourth-order valence-electron chi connectivity index (χ4n) is 2.52. The number of para-hydroxylation sites is 1. The van der Waals surface area contributed by atoms with Gasteiger partial charge in [-0.25, -0.2) is 8.42 Å². The molecular weight excluding hydrogens is 386 g/mol. The predicted octanol–water partition coefficient (Wildman–Crippen LogP) is 4.95. The van der Waals surface area contributed by atoms with E-state index in [1.165, 1.54) is 16.1 Å². The molecule has 29 heavy (non-hydrogen) atoms. The Bertz CT molecular complexity index is 806. The van der Waals surface area contributed by atoms with Gasteiger partial charge in [-0.3, -0.25) is 4.31 Å². The van der Waals surface area contributed by atoms with Crippen LogP contribution in [0, 0.1) is 13.8 Å². The number of aryl methyl sites for hydroxylation is 2. The highest BCUT2D eigenvalue weighted by molar-refractivity contribution is 7.92. The van der Waals surface area contributed by atoms with Crippen LogP contribution in [0.2, 0.25) is 0 Å². The Morgan fingerprint density at radius 2 is 1.69 bits per heavy atom. The Kier molecular flexibility index (Phi) is 13.0. The van der Waals surface area contributed by atoms with Gasteiger partial charge in [-0.05, 0) is 56.0 Å². The summed E-state index contributed by atoms with van der Waals surface area (Å²) in [5.41, 5.74) is 2.83. The molecule has 0 aliphatic heterocycles. The summed E-state index contributed by atoms with van der Waals surface area (Å²) in [5.74, 6) is 0.926. The highest BCUT2D eigenvalue weighted by atomic mass is 32.2. The third-order valence-electron chi connectivity index (χ3n) is 4.15. The first-order chi connectivity index (χ1) is 13.7. The summed E-state index contributed by atoms with van der Waals surface area (Å²) in [6, 6.07) is 15.3. The molecule has 2 rings (SSSR count). The molecule has 0 aliphatic rings. The van der Waals surface area contributed by atoms with Crippen LogP contribution in [0.3, 0.4) is 0 Å². The number of hydrogen-bond donors (Lipinski definition) is 1. The van der Waals surface area contributed by atoms with Crippen molar-refractivity contribution in [3.63, 3.8) is 0 Å². The molecule has 2 aromatic carbocycles. The highest BCUT2D eigenvalue weighted by Gasteiger charge is 2.19. The van der Waals surface area contributed by atoms with Gasteiger partial charge in [0.25, 0.3) is 0 Å². The Balaban J connectivity index is 0.000000595. The van der Waals surface area contributed by atoms with Gasteiger partial charge in [0, 0.05) is 6.54 Å². The van der Waals surface area contributed by atoms with Crippen LogP contribution in [0.25, 0.3) is 0 Å². The van der Waals surface area contributed by atoms with Crippen molar-refractivity contribution < 1.29 is 18.3 Å². The molecule has 0 radical (unpaired) electrons. The number of aliphatic hydroxyl groups excluding tert-OH is 1. The van der Waals surface area contributed by atoms with Crippen molar-refractivity contribution in [3.8, 4) is 5.75 Å². The molecule has 0 bridgehead atoms. The average molecular weight is 424 g/mol. The second-order valence-electron chi connectivity index (χ2n) is 6.49. The second kappa shape index (κ2) is 14.0. The molecule has 0 saturated carbocycles. The van der Waals surface area contributed by atoms with Crippen LogP contribution in [0.4, 0.5) is 5.69 Å². The molecular formula is C23H37NO4S. The molecule has 0 saturated heterocycles. The lowest BCUT2D eigenvalue weighted by Crippen LogP contribution is -2.33. The van der Waals surface area contributed by atoms with Crippen molar-refractivity contribution >= 4 is 15.7 Å². The minimum Gasteiger partial charge on any atom is -0.497 e. The Labute approximate surface area is 177 Å². The zero-order valence-electron chi connectivity index (χ0n) is 18.8. The van der Waals surface area contributed by atoms with Crippen LogP contribution in [-0.2, 0) is 10.0 Å². The lowest BCUT2D eigenvalue weighted by atomic mass is 10.1. The van der Waals surface area contributed by atoms with E-state index in [1.54, 1.807) is 13.2 Å². The fourth-order valence-corrected chi connectivity index (χ4v) is 3.52. The van der Waals surface area contributed by atoms with E-state index in [2.05, 4.69) is 0 Å². The minimum atomic E-state index is -3.32. The van der Waals surface area contributed by atoms with E-state index < -0.39 is 16.1 Å². The van der Waals surface area contributed by atoms with Crippen LogP contribution >= 0.6 is 0 Å². The molecule has 0 spiro atoms. The standard InChI is InChI=1S/C13H21NO3S.C8H10O.C2H6/c1-4-12(15)9-10-14(18(3,16)17)13-8-6-5-7-11(13)2;1-7-4-3-5-8(6-7)9-2;1-2/h5-8,12,15H,4,9-10H2,1-3H3;3-6H,1-2H3;1-2H3. The van der Waals surface area contributed by atoms with Crippen molar-refractivity contribution in [3.05, 3.63) is 59.7 Å². The number of aliphatic hydroxyl groups is 1. The summed E-state index contributed by atoms with van der Waals surface area (Å²) < 4.78 is 30.0. The fraction of sp³-hybridized carbons (Fsp3) is 0.478. The maximum absolute atomic E-state index is 11.8. The van der Waals surface area contributed by atoms with Gasteiger partial charge in [0.1, 0.15) is 5.75 Å². The van der Waals surface area contributed by atoms with Crippen molar-refractivity contribution in [2.45, 2.75) is 53.6 Å². The van der Waals surface area contributed by atoms with Gasteiger partial charge >= 0.3 is 0 Å². The first-order valence-electron chi connectivity index (χ1n) is 10.0. The molecule has 164 valence electrons. The van der Waals surface area contributed by atoms with E-state index in [1.807, 2.05) is 77.1 Å². The molecule has 0 aromatic heterocycles. The SMILES string of the molecule is CC.CCC(O)CCN(c1ccccc1C)S(C)(=O)=O.COc1cccc(C)c1. The van der Waals surface area contributed by atoms with Crippen LogP contribution in [-0.4, -0.2) is 39.5 Å². The molecule has 0 aliphatic carbocycles. The number of rotatable bonds is 7. The molecule has 1 unspecified atom stereocenters. The summed E-state index contributed by atoms with van der Waals surface area (Å²) in [7, 11) is -1.65. The summed E-state index contributed by atoms with van der Waals surface area (Å²) in [6.07, 6.45) is 1.80. The van der Waals surface area contributed by atoms with Crippen molar-refractivity contribution in [2.24, 2.45) is 0 Å². The van der Waals surface area contributed by atoms with Gasteiger partial charge < -0.3 is 9.84 Å². The second-order valence-corrected chi connectivity index (χ2v) is 8.40. The van der Waals surface area contributed by atoms with E-state index in [9.17, 15) is 13.5 Å². The number of ether oxygens (including phenoxy) is 1. The largest absolute Gasteiger partial charge is 0.497 e. The van der Waals surface area contributed by atoms with Gasteiger partial charge in [-0.2, -0.15) is 0 Å². The third-order valence-corrected chi connectivity index (χ3v) is 5.33. The molecule has 5 nitrogen and oxygen atoms in total. The molecule has 0 heterocycles. The Morgan fingerprint density at radius 1 is 1.07 bits per heavy atom. The maximum Gasteiger partial charge on any atom is 0.232 e. The molecule has 2 aromatic rings. The normalized spacial score (nSPS) is 11.3. The third kappa shape index (κ3) is 10.3. The van der Waals surface area contributed by atoms with E-state index in [4.69, 9.17) is 4.74 Å². The zero-order valence-corrected chi connectivity index (χ0v) is 19.7. The lowest BCUT2D eigenvalue weighted by molar-refractivity contribution is 0.163. The number of anilines is 1. The monoisotopic (exact) mass is 423 g/mol. The Hall–Kier alpha value is -2.05. The minimum absolute atomic E-state index is 0.304.